The maximum Gasteiger partial charge on any atom is 0.191 e. The fourth-order valence-electron chi connectivity index (χ4n) is 2.98. The molecule has 3 N–H and O–H groups in total. The molecule has 8 heteroatoms. The van der Waals surface area contributed by atoms with Crippen molar-refractivity contribution in [2.45, 2.75) is 32.3 Å². The molecule has 2 heterocycles. The second kappa shape index (κ2) is 10.5. The lowest BCUT2D eigenvalue weighted by atomic mass is 10.1. The molecule has 0 bridgehead atoms. The van der Waals surface area contributed by atoms with Crippen molar-refractivity contribution in [1.29, 1.82) is 0 Å². The van der Waals surface area contributed by atoms with E-state index in [2.05, 4.69) is 25.6 Å². The minimum Gasteiger partial charge on any atom is -0.387 e. The van der Waals surface area contributed by atoms with Crippen LogP contribution in [0.1, 0.15) is 25.8 Å². The molecule has 1 aliphatic heterocycles. The summed E-state index contributed by atoms with van der Waals surface area (Å²) in [4.78, 5) is 6.80. The monoisotopic (exact) mass is 366 g/mol. The van der Waals surface area contributed by atoms with E-state index in [1.165, 1.54) is 5.56 Å². The maximum absolute atomic E-state index is 10.7. The number of hydrogen-bond donors (Lipinski definition) is 3. The second-order valence-electron chi connectivity index (χ2n) is 7.13. The number of aliphatic imine (C=N–C) groups is 1. The molecule has 1 saturated heterocycles. The van der Waals surface area contributed by atoms with E-state index in [4.69, 9.17) is 4.74 Å². The molecule has 26 heavy (non-hydrogen) atoms. The Labute approximate surface area is 156 Å². The Kier molecular flexibility index (Phi) is 8.34. The van der Waals surface area contributed by atoms with E-state index >= 15 is 0 Å². The largest absolute Gasteiger partial charge is 0.387 e. The number of aliphatic hydroxyl groups is 1. The average molecular weight is 367 g/mol. The molecule has 0 spiro atoms. The summed E-state index contributed by atoms with van der Waals surface area (Å²) in [7, 11) is 1.93. The molecule has 0 aliphatic carbocycles. The van der Waals surface area contributed by atoms with Crippen LogP contribution in [-0.2, 0) is 18.2 Å². The number of morpholine rings is 1. The van der Waals surface area contributed by atoms with Crippen molar-refractivity contribution in [2.75, 3.05) is 52.5 Å². The van der Waals surface area contributed by atoms with Crippen molar-refractivity contribution in [3.05, 3.63) is 18.0 Å². The minimum absolute atomic E-state index is 0.363. The van der Waals surface area contributed by atoms with Crippen molar-refractivity contribution >= 4 is 5.96 Å². The number of guanidine groups is 1. The Bertz CT molecular complexity index is 552. The van der Waals surface area contributed by atoms with E-state index in [9.17, 15) is 5.11 Å². The van der Waals surface area contributed by atoms with Crippen molar-refractivity contribution in [3.8, 4) is 0 Å². The highest BCUT2D eigenvalue weighted by molar-refractivity contribution is 5.79. The van der Waals surface area contributed by atoms with Crippen LogP contribution in [0.25, 0.3) is 0 Å². The van der Waals surface area contributed by atoms with Gasteiger partial charge in [0, 0.05) is 46.0 Å². The Balaban J connectivity index is 1.74. The average Bonchev–Trinajstić information content (AvgIpc) is 3.02. The van der Waals surface area contributed by atoms with Crippen LogP contribution >= 0.6 is 0 Å². The number of nitrogens with zero attached hydrogens (tertiary/aromatic N) is 4. The molecule has 1 fully saturated rings. The molecule has 1 aromatic heterocycles. The summed E-state index contributed by atoms with van der Waals surface area (Å²) in [6.07, 6.45) is 5.93. The fraction of sp³-hybridized carbons (Fsp3) is 0.778. The van der Waals surface area contributed by atoms with Gasteiger partial charge in [-0.2, -0.15) is 5.10 Å². The highest BCUT2D eigenvalue weighted by atomic mass is 16.5. The Morgan fingerprint density at radius 3 is 2.81 bits per heavy atom. The van der Waals surface area contributed by atoms with Crippen molar-refractivity contribution in [3.63, 3.8) is 0 Å². The number of rotatable bonds is 9. The molecule has 1 aliphatic rings. The third-order valence-corrected chi connectivity index (χ3v) is 4.28. The standard InChI is InChI=1S/C18H34N6O2/c1-4-19-17(20-7-5-6-16-12-22-23(3)13-16)21-14-18(2,25)15-24-8-10-26-11-9-24/h12-13,25H,4-11,14-15H2,1-3H3,(H2,19,20,21). The van der Waals surface area contributed by atoms with Gasteiger partial charge in [0.25, 0.3) is 0 Å². The number of hydrogen-bond acceptors (Lipinski definition) is 5. The number of aryl methyl sites for hydroxylation is 2. The summed E-state index contributed by atoms with van der Waals surface area (Å²) < 4.78 is 7.18. The van der Waals surface area contributed by atoms with Gasteiger partial charge in [-0.3, -0.25) is 14.6 Å². The lowest BCUT2D eigenvalue weighted by Crippen LogP contribution is -2.48. The summed E-state index contributed by atoms with van der Waals surface area (Å²) >= 11 is 0. The predicted molar refractivity (Wildman–Crippen MR) is 103 cm³/mol. The molecule has 0 amide bonds. The van der Waals surface area contributed by atoms with Gasteiger partial charge in [0.1, 0.15) is 0 Å². The lowest BCUT2D eigenvalue weighted by Gasteiger charge is -2.33. The van der Waals surface area contributed by atoms with Crippen LogP contribution in [0.5, 0.6) is 0 Å². The molecule has 0 radical (unpaired) electrons. The van der Waals surface area contributed by atoms with E-state index in [0.29, 0.717) is 13.1 Å². The highest BCUT2D eigenvalue weighted by Gasteiger charge is 2.25. The summed E-state index contributed by atoms with van der Waals surface area (Å²) in [6, 6.07) is 0. The number of ether oxygens (including phenoxy) is 1. The van der Waals surface area contributed by atoms with Crippen LogP contribution in [0.3, 0.4) is 0 Å². The predicted octanol–water partition coefficient (Wildman–Crippen LogP) is -0.00900. The van der Waals surface area contributed by atoms with Gasteiger partial charge in [-0.1, -0.05) is 0 Å². The first-order chi connectivity index (χ1) is 12.5. The van der Waals surface area contributed by atoms with E-state index < -0.39 is 5.60 Å². The first-order valence-electron chi connectivity index (χ1n) is 9.51. The van der Waals surface area contributed by atoms with Crippen LogP contribution < -0.4 is 10.6 Å². The molecule has 1 atom stereocenters. The maximum atomic E-state index is 10.7. The molecule has 0 saturated carbocycles. The van der Waals surface area contributed by atoms with Crippen molar-refractivity contribution in [2.24, 2.45) is 12.0 Å². The van der Waals surface area contributed by atoms with E-state index in [0.717, 1.165) is 58.2 Å². The molecule has 2 rings (SSSR count). The van der Waals surface area contributed by atoms with Crippen LogP contribution in [0.4, 0.5) is 0 Å². The summed E-state index contributed by atoms with van der Waals surface area (Å²) in [5.41, 5.74) is 0.389. The quantitative estimate of drug-likeness (QED) is 0.324. The van der Waals surface area contributed by atoms with Gasteiger partial charge in [-0.15, -0.1) is 0 Å². The van der Waals surface area contributed by atoms with Gasteiger partial charge in [0.2, 0.25) is 0 Å². The van der Waals surface area contributed by atoms with Crippen molar-refractivity contribution in [1.82, 2.24) is 25.3 Å². The third-order valence-electron chi connectivity index (χ3n) is 4.28. The third kappa shape index (κ3) is 7.72. The smallest absolute Gasteiger partial charge is 0.191 e. The summed E-state index contributed by atoms with van der Waals surface area (Å²) in [6.45, 7) is 9.69. The Morgan fingerprint density at radius 2 is 2.15 bits per heavy atom. The molecular weight excluding hydrogens is 332 g/mol. The molecule has 0 aromatic carbocycles. The SMILES string of the molecule is CCNC(=NCC(C)(O)CN1CCOCC1)NCCCc1cnn(C)c1. The van der Waals surface area contributed by atoms with E-state index in [1.807, 2.05) is 38.0 Å². The lowest BCUT2D eigenvalue weighted by molar-refractivity contribution is -0.0179. The summed E-state index contributed by atoms with van der Waals surface area (Å²) in [5, 5.41) is 21.4. The molecular formula is C18H34N6O2. The van der Waals surface area contributed by atoms with Gasteiger partial charge in [0.15, 0.2) is 5.96 Å². The van der Waals surface area contributed by atoms with Crippen LogP contribution in [0.2, 0.25) is 0 Å². The normalized spacial score (nSPS) is 18.5. The van der Waals surface area contributed by atoms with E-state index in [-0.39, 0.29) is 0 Å². The summed E-state index contributed by atoms with van der Waals surface area (Å²) in [5.74, 6) is 0.751. The molecule has 148 valence electrons. The minimum atomic E-state index is -0.852. The highest BCUT2D eigenvalue weighted by Crippen LogP contribution is 2.09. The van der Waals surface area contributed by atoms with Gasteiger partial charge in [-0.05, 0) is 32.3 Å². The molecule has 8 nitrogen and oxygen atoms in total. The van der Waals surface area contributed by atoms with Crippen LogP contribution in [0.15, 0.2) is 17.4 Å². The number of aromatic nitrogens is 2. The first kappa shape index (κ1) is 20.7. The number of nitrogens with one attached hydrogen (secondary N) is 2. The first-order valence-corrected chi connectivity index (χ1v) is 9.51. The molecule has 1 aromatic rings. The zero-order valence-electron chi connectivity index (χ0n) is 16.4. The van der Waals surface area contributed by atoms with Gasteiger partial charge >= 0.3 is 0 Å². The Morgan fingerprint density at radius 1 is 1.38 bits per heavy atom. The van der Waals surface area contributed by atoms with Crippen LogP contribution in [-0.4, -0.2) is 83.8 Å². The number of β-amino-alcohol motifs (C(OH)–C–C–N with tert-alkyl or cyclic N) is 1. The Hall–Kier alpha value is -1.64. The topological polar surface area (TPSA) is 86.9 Å². The van der Waals surface area contributed by atoms with Crippen LogP contribution in [0, 0.1) is 0 Å². The van der Waals surface area contributed by atoms with E-state index in [1.54, 1.807) is 0 Å². The van der Waals surface area contributed by atoms with Crippen molar-refractivity contribution < 1.29 is 9.84 Å². The zero-order valence-corrected chi connectivity index (χ0v) is 16.4. The second-order valence-corrected chi connectivity index (χ2v) is 7.13. The zero-order chi connectivity index (χ0) is 18.8. The van der Waals surface area contributed by atoms with Gasteiger partial charge < -0.3 is 20.5 Å². The fourth-order valence-corrected chi connectivity index (χ4v) is 2.98. The molecule has 1 unspecified atom stereocenters. The van der Waals surface area contributed by atoms with Gasteiger partial charge in [-0.25, -0.2) is 0 Å². The van der Waals surface area contributed by atoms with Gasteiger partial charge in [0.05, 0.1) is 31.6 Å².